The number of hydrogen-bond donors (Lipinski definition) is 0. The molecule has 4 heteroatoms. The summed E-state index contributed by atoms with van der Waals surface area (Å²) in [7, 11) is 0. The first-order chi connectivity index (χ1) is 11.5. The molecule has 24 heavy (non-hydrogen) atoms. The van der Waals surface area contributed by atoms with Gasteiger partial charge < -0.3 is 4.90 Å². The Morgan fingerprint density at radius 3 is 2.42 bits per heavy atom. The van der Waals surface area contributed by atoms with Gasteiger partial charge in [-0.1, -0.05) is 50.8 Å². The summed E-state index contributed by atoms with van der Waals surface area (Å²) in [6.07, 6.45) is 0. The van der Waals surface area contributed by atoms with E-state index in [4.69, 9.17) is 4.98 Å². The van der Waals surface area contributed by atoms with E-state index in [2.05, 4.69) is 59.9 Å². The fourth-order valence-corrected chi connectivity index (χ4v) is 3.73. The third-order valence-electron chi connectivity index (χ3n) is 4.21. The highest BCUT2D eigenvalue weighted by molar-refractivity contribution is 7.13. The second kappa shape index (κ2) is 7.38. The molecular formula is C20H25N3S. The third-order valence-corrected chi connectivity index (χ3v) is 5.11. The highest BCUT2D eigenvalue weighted by Crippen LogP contribution is 2.28. The van der Waals surface area contributed by atoms with Gasteiger partial charge in [0.2, 0.25) is 0 Å². The molecule has 0 unspecified atom stereocenters. The molecule has 1 fully saturated rings. The Morgan fingerprint density at radius 1 is 1.08 bits per heavy atom. The molecule has 2 heterocycles. The fourth-order valence-electron chi connectivity index (χ4n) is 2.63. The van der Waals surface area contributed by atoms with Gasteiger partial charge in [0.15, 0.2) is 5.13 Å². The van der Waals surface area contributed by atoms with Crippen molar-refractivity contribution in [2.24, 2.45) is 0 Å². The van der Waals surface area contributed by atoms with E-state index in [0.717, 1.165) is 43.4 Å². The van der Waals surface area contributed by atoms with Crippen LogP contribution < -0.4 is 4.90 Å². The number of nitrogens with zero attached hydrogens (tertiary/aromatic N) is 3. The van der Waals surface area contributed by atoms with E-state index in [1.807, 2.05) is 18.2 Å². The van der Waals surface area contributed by atoms with Gasteiger partial charge in [-0.3, -0.25) is 4.90 Å². The van der Waals surface area contributed by atoms with Crippen LogP contribution in [0.1, 0.15) is 32.0 Å². The average Bonchev–Trinajstić information content (AvgIpc) is 3.07. The van der Waals surface area contributed by atoms with Crippen molar-refractivity contribution in [3.63, 3.8) is 0 Å². The van der Waals surface area contributed by atoms with Gasteiger partial charge in [-0.05, 0) is 12.1 Å². The van der Waals surface area contributed by atoms with Gasteiger partial charge in [-0.25, -0.2) is 4.98 Å². The van der Waals surface area contributed by atoms with E-state index in [1.54, 1.807) is 11.3 Å². The van der Waals surface area contributed by atoms with E-state index in [1.165, 1.54) is 5.69 Å². The molecule has 0 atom stereocenters. The zero-order valence-corrected chi connectivity index (χ0v) is 15.6. The monoisotopic (exact) mass is 339 g/mol. The predicted molar refractivity (Wildman–Crippen MR) is 103 cm³/mol. The summed E-state index contributed by atoms with van der Waals surface area (Å²) in [4.78, 5) is 9.66. The molecule has 1 aliphatic rings. The lowest BCUT2D eigenvalue weighted by atomic mass is 9.93. The summed E-state index contributed by atoms with van der Waals surface area (Å²) in [5.41, 5.74) is 2.41. The minimum absolute atomic E-state index is 0.129. The number of hydrogen-bond acceptors (Lipinski definition) is 4. The molecule has 3 rings (SSSR count). The molecule has 1 aliphatic heterocycles. The smallest absolute Gasteiger partial charge is 0.185 e. The maximum atomic E-state index is 4.83. The quantitative estimate of drug-likeness (QED) is 0.779. The fraction of sp³-hybridized carbons (Fsp3) is 0.450. The van der Waals surface area contributed by atoms with Crippen LogP contribution in [0.4, 0.5) is 5.13 Å². The van der Waals surface area contributed by atoms with Gasteiger partial charge in [-0.2, -0.15) is 0 Å². The van der Waals surface area contributed by atoms with Crippen molar-refractivity contribution in [2.45, 2.75) is 26.2 Å². The molecule has 1 saturated heterocycles. The highest BCUT2D eigenvalue weighted by atomic mass is 32.1. The summed E-state index contributed by atoms with van der Waals surface area (Å²) in [6.45, 7) is 11.7. The zero-order valence-electron chi connectivity index (χ0n) is 14.7. The molecule has 0 spiro atoms. The van der Waals surface area contributed by atoms with Gasteiger partial charge in [0, 0.05) is 42.5 Å². The predicted octanol–water partition coefficient (Wildman–Crippen LogP) is 3.61. The molecule has 1 aromatic heterocycles. The summed E-state index contributed by atoms with van der Waals surface area (Å²) >= 11 is 1.77. The molecule has 2 aromatic rings. The van der Waals surface area contributed by atoms with Crippen LogP contribution in [0.2, 0.25) is 0 Å². The molecule has 0 saturated carbocycles. The number of benzene rings is 1. The minimum atomic E-state index is 0.129. The van der Waals surface area contributed by atoms with Crippen LogP contribution in [0.5, 0.6) is 0 Å². The Morgan fingerprint density at radius 2 is 1.79 bits per heavy atom. The zero-order chi connectivity index (χ0) is 17.0. The molecule has 0 N–H and O–H groups in total. The number of piperazine rings is 1. The Bertz CT molecular complexity index is 711. The Labute approximate surface area is 149 Å². The molecule has 1 aromatic carbocycles. The summed E-state index contributed by atoms with van der Waals surface area (Å²) in [5.74, 6) is 6.53. The molecule has 0 aliphatic carbocycles. The normalized spacial score (nSPS) is 15.9. The topological polar surface area (TPSA) is 19.4 Å². The van der Waals surface area contributed by atoms with Gasteiger partial charge in [-0.15, -0.1) is 11.3 Å². The number of rotatable bonds is 2. The van der Waals surface area contributed by atoms with Crippen LogP contribution >= 0.6 is 11.3 Å². The average molecular weight is 340 g/mol. The summed E-state index contributed by atoms with van der Waals surface area (Å²) in [5, 5.41) is 3.36. The SMILES string of the molecule is CC(C)(C)c1csc(N2CCN(CC#Cc3ccccc3)CC2)n1. The van der Waals surface area contributed by atoms with E-state index in [-0.39, 0.29) is 5.41 Å². The largest absolute Gasteiger partial charge is 0.346 e. The van der Waals surface area contributed by atoms with Crippen molar-refractivity contribution in [1.29, 1.82) is 0 Å². The number of anilines is 1. The van der Waals surface area contributed by atoms with Gasteiger partial charge in [0.25, 0.3) is 0 Å². The summed E-state index contributed by atoms with van der Waals surface area (Å²) < 4.78 is 0. The third kappa shape index (κ3) is 4.37. The lowest BCUT2D eigenvalue weighted by Gasteiger charge is -2.33. The van der Waals surface area contributed by atoms with E-state index >= 15 is 0 Å². The first kappa shape index (κ1) is 17.0. The maximum absolute atomic E-state index is 4.83. The second-order valence-corrected chi connectivity index (χ2v) is 8.03. The maximum Gasteiger partial charge on any atom is 0.185 e. The second-order valence-electron chi connectivity index (χ2n) is 7.20. The van der Waals surface area contributed by atoms with Crippen molar-refractivity contribution < 1.29 is 0 Å². The van der Waals surface area contributed by atoms with E-state index in [0.29, 0.717) is 0 Å². The van der Waals surface area contributed by atoms with Crippen molar-refractivity contribution in [3.05, 3.63) is 47.0 Å². The van der Waals surface area contributed by atoms with Crippen molar-refractivity contribution in [2.75, 3.05) is 37.6 Å². The van der Waals surface area contributed by atoms with Crippen molar-refractivity contribution in [3.8, 4) is 11.8 Å². The van der Waals surface area contributed by atoms with Crippen LogP contribution in [0.3, 0.4) is 0 Å². The molecule has 0 radical (unpaired) electrons. The first-order valence-electron chi connectivity index (χ1n) is 8.49. The van der Waals surface area contributed by atoms with E-state index < -0.39 is 0 Å². The van der Waals surface area contributed by atoms with Crippen molar-refractivity contribution >= 4 is 16.5 Å². The van der Waals surface area contributed by atoms with Crippen LogP contribution in [0, 0.1) is 11.8 Å². The lowest BCUT2D eigenvalue weighted by molar-refractivity contribution is 0.288. The Kier molecular flexibility index (Phi) is 5.23. The molecule has 0 amide bonds. The Hall–Kier alpha value is -1.83. The van der Waals surface area contributed by atoms with Gasteiger partial charge >= 0.3 is 0 Å². The number of aromatic nitrogens is 1. The molecule has 3 nitrogen and oxygen atoms in total. The molecular weight excluding hydrogens is 314 g/mol. The first-order valence-corrected chi connectivity index (χ1v) is 9.37. The van der Waals surface area contributed by atoms with Crippen LogP contribution in [0.15, 0.2) is 35.7 Å². The standard InChI is InChI=1S/C20H25N3S/c1-20(2,3)18-16-24-19(21-18)23-14-12-22(13-15-23)11-7-10-17-8-5-4-6-9-17/h4-6,8-9,16H,11-15H2,1-3H3. The van der Waals surface area contributed by atoms with Gasteiger partial charge in [0.1, 0.15) is 0 Å². The molecule has 0 bridgehead atoms. The number of thiazole rings is 1. The minimum Gasteiger partial charge on any atom is -0.346 e. The van der Waals surface area contributed by atoms with E-state index in [9.17, 15) is 0 Å². The molecule has 126 valence electrons. The lowest BCUT2D eigenvalue weighted by Crippen LogP contribution is -2.46. The van der Waals surface area contributed by atoms with Crippen LogP contribution in [-0.2, 0) is 5.41 Å². The van der Waals surface area contributed by atoms with Crippen LogP contribution in [-0.4, -0.2) is 42.6 Å². The van der Waals surface area contributed by atoms with Gasteiger partial charge in [0.05, 0.1) is 12.2 Å². The Balaban J connectivity index is 1.51. The highest BCUT2D eigenvalue weighted by Gasteiger charge is 2.22. The summed E-state index contributed by atoms with van der Waals surface area (Å²) in [6, 6.07) is 10.2. The van der Waals surface area contributed by atoms with Crippen LogP contribution in [0.25, 0.3) is 0 Å². The van der Waals surface area contributed by atoms with Crippen molar-refractivity contribution in [1.82, 2.24) is 9.88 Å².